The Kier molecular flexibility index (Phi) is 10.0. The smallest absolute Gasteiger partial charge is 0.252 e. The molecule has 4 aromatic carbocycles. The summed E-state index contributed by atoms with van der Waals surface area (Å²) in [7, 11) is 0. The van der Waals surface area contributed by atoms with Crippen molar-refractivity contribution in [3.63, 3.8) is 0 Å². The Morgan fingerprint density at radius 2 is 1.80 bits per heavy atom. The molecule has 224 valence electrons. The van der Waals surface area contributed by atoms with E-state index < -0.39 is 17.6 Å². The maximum Gasteiger partial charge on any atom is 0.252 e. The lowest BCUT2D eigenvalue weighted by molar-refractivity contribution is -0.129. The fraction of sp³-hybridized carbons (Fsp3) is 0.212. The molecule has 9 nitrogen and oxygen atoms in total. The lowest BCUT2D eigenvalue weighted by Gasteiger charge is -2.31. The van der Waals surface area contributed by atoms with E-state index in [-0.39, 0.29) is 25.5 Å². The minimum Gasteiger partial charge on any atom is -0.494 e. The van der Waals surface area contributed by atoms with Gasteiger partial charge in [0.15, 0.2) is 11.6 Å². The third-order valence-corrected chi connectivity index (χ3v) is 7.74. The Morgan fingerprint density at radius 3 is 2.52 bits per heavy atom. The fourth-order valence-corrected chi connectivity index (χ4v) is 5.51. The van der Waals surface area contributed by atoms with Gasteiger partial charge in [0.05, 0.1) is 6.61 Å². The average molecular weight is 631 g/mol. The number of azide groups is 1. The first-order chi connectivity index (χ1) is 21.4. The summed E-state index contributed by atoms with van der Waals surface area (Å²) in [6.07, 6.45) is -0.408. The third-order valence-electron chi connectivity index (χ3n) is 7.17. The molecule has 0 aromatic heterocycles. The van der Waals surface area contributed by atoms with E-state index in [2.05, 4.69) is 15.3 Å². The van der Waals surface area contributed by atoms with E-state index >= 15 is 0 Å². The minimum atomic E-state index is -1.56. The van der Waals surface area contributed by atoms with Crippen LogP contribution in [0.25, 0.3) is 10.4 Å². The van der Waals surface area contributed by atoms with Crippen molar-refractivity contribution in [3.05, 3.63) is 140 Å². The lowest BCUT2D eigenvalue weighted by Crippen LogP contribution is -2.49. The molecule has 5 rings (SSSR count). The predicted molar refractivity (Wildman–Crippen MR) is 170 cm³/mol. The molecular weight excluding hydrogens is 601 g/mol. The summed E-state index contributed by atoms with van der Waals surface area (Å²) in [5.41, 5.74) is 10.7. The van der Waals surface area contributed by atoms with E-state index in [1.807, 2.05) is 36.4 Å². The molecule has 0 saturated heterocycles. The van der Waals surface area contributed by atoms with Crippen molar-refractivity contribution in [2.45, 2.75) is 31.0 Å². The zero-order valence-corrected chi connectivity index (χ0v) is 25.1. The highest BCUT2D eigenvalue weighted by atomic mass is 35.5. The number of aliphatic imine (C=N–C) groups is 1. The van der Waals surface area contributed by atoms with Gasteiger partial charge in [-0.15, -0.1) is 0 Å². The molecule has 0 spiro atoms. The second-order valence-corrected chi connectivity index (χ2v) is 11.0. The van der Waals surface area contributed by atoms with E-state index in [0.717, 1.165) is 5.56 Å². The van der Waals surface area contributed by atoms with Crippen molar-refractivity contribution in [3.8, 4) is 5.75 Å². The number of halogens is 2. The first kappa shape index (κ1) is 30.9. The first-order valence-electron chi connectivity index (χ1n) is 13.9. The molecule has 0 saturated carbocycles. The van der Waals surface area contributed by atoms with Gasteiger partial charge in [-0.2, -0.15) is 0 Å². The van der Waals surface area contributed by atoms with Crippen molar-refractivity contribution in [2.75, 3.05) is 13.2 Å². The van der Waals surface area contributed by atoms with Gasteiger partial charge in [-0.05, 0) is 53.1 Å². The average Bonchev–Trinajstić information content (AvgIpc) is 3.42. The van der Waals surface area contributed by atoms with Gasteiger partial charge in [-0.1, -0.05) is 89.0 Å². The molecule has 0 unspecified atom stereocenters. The Balaban J connectivity index is 1.62. The number of benzene rings is 4. The number of hydrogen-bond donors (Lipinski definition) is 2. The second kappa shape index (κ2) is 14.3. The topological polar surface area (TPSA) is 129 Å². The lowest BCUT2D eigenvalue weighted by atomic mass is 9.81. The number of rotatable bonds is 12. The molecule has 1 heterocycles. The van der Waals surface area contributed by atoms with Crippen LogP contribution in [0.1, 0.15) is 34.8 Å². The van der Waals surface area contributed by atoms with E-state index in [1.165, 1.54) is 0 Å². The zero-order chi connectivity index (χ0) is 30.9. The second-order valence-electron chi connectivity index (χ2n) is 10.1. The predicted octanol–water partition coefficient (Wildman–Crippen LogP) is 7.51. The van der Waals surface area contributed by atoms with Gasteiger partial charge in [0.25, 0.3) is 5.91 Å². The molecule has 2 N–H and O–H groups in total. The molecule has 1 aliphatic heterocycles. The number of ether oxygens (including phenoxy) is 2. The Morgan fingerprint density at radius 1 is 1.05 bits per heavy atom. The van der Waals surface area contributed by atoms with E-state index in [1.54, 1.807) is 60.7 Å². The van der Waals surface area contributed by atoms with Gasteiger partial charge in [0, 0.05) is 57.8 Å². The molecule has 1 amide bonds. The van der Waals surface area contributed by atoms with Crippen LogP contribution in [0.15, 0.2) is 107 Å². The van der Waals surface area contributed by atoms with Gasteiger partial charge in [0.1, 0.15) is 5.75 Å². The van der Waals surface area contributed by atoms with Gasteiger partial charge in [-0.25, -0.2) is 4.99 Å². The van der Waals surface area contributed by atoms with Crippen LogP contribution < -0.4 is 10.1 Å². The van der Waals surface area contributed by atoms with Crippen molar-refractivity contribution in [1.82, 2.24) is 5.32 Å². The van der Waals surface area contributed by atoms with Gasteiger partial charge in [0.2, 0.25) is 5.90 Å². The molecule has 0 bridgehead atoms. The van der Waals surface area contributed by atoms with Crippen molar-refractivity contribution in [2.24, 2.45) is 10.1 Å². The SMILES string of the molecule is [N-]=[N+]=Nc1ccccc1C[C@@]1(C(=O)NCc2ccccc2)N=C(c2ccc(OCCCO)cc2)O[C@@H]1c1ccc(Cl)cc1Cl. The molecule has 1 aliphatic rings. The molecule has 0 radical (unpaired) electrons. The van der Waals surface area contributed by atoms with Crippen molar-refractivity contribution >= 4 is 40.7 Å². The number of hydrogen-bond acceptors (Lipinski definition) is 6. The highest BCUT2D eigenvalue weighted by Crippen LogP contribution is 2.46. The summed E-state index contributed by atoms with van der Waals surface area (Å²) in [5.74, 6) is 0.458. The van der Waals surface area contributed by atoms with Crippen LogP contribution in [0.4, 0.5) is 5.69 Å². The number of carbonyl (C=O) groups excluding carboxylic acids is 1. The summed E-state index contributed by atoms with van der Waals surface area (Å²) in [6, 6.07) is 28.7. The van der Waals surface area contributed by atoms with E-state index in [0.29, 0.717) is 51.2 Å². The Hall–Kier alpha value is -4.53. The maximum atomic E-state index is 14.4. The van der Waals surface area contributed by atoms with Crippen molar-refractivity contribution < 1.29 is 19.4 Å². The number of carbonyl (C=O) groups is 1. The largest absolute Gasteiger partial charge is 0.494 e. The number of aliphatic hydroxyl groups excluding tert-OH is 1. The van der Waals surface area contributed by atoms with E-state index in [4.69, 9.17) is 42.8 Å². The summed E-state index contributed by atoms with van der Waals surface area (Å²) < 4.78 is 12.2. The van der Waals surface area contributed by atoms with Crippen LogP contribution in [0.3, 0.4) is 0 Å². The number of nitrogens with zero attached hydrogens (tertiary/aromatic N) is 4. The molecule has 4 aromatic rings. The van der Waals surface area contributed by atoms with Gasteiger partial charge >= 0.3 is 0 Å². The minimum absolute atomic E-state index is 0.0363. The first-order valence-corrected chi connectivity index (χ1v) is 14.7. The number of aliphatic hydroxyl groups is 1. The van der Waals surface area contributed by atoms with Crippen molar-refractivity contribution in [1.29, 1.82) is 0 Å². The molecule has 0 fully saturated rings. The monoisotopic (exact) mass is 629 g/mol. The summed E-state index contributed by atoms with van der Waals surface area (Å²) in [5, 5.41) is 16.7. The normalized spacial score (nSPS) is 17.2. The quantitative estimate of drug-likeness (QED) is 0.0726. The van der Waals surface area contributed by atoms with Crippen LogP contribution in [-0.4, -0.2) is 35.7 Å². The molecule has 2 atom stereocenters. The van der Waals surface area contributed by atoms with Crippen LogP contribution in [-0.2, 0) is 22.5 Å². The maximum absolute atomic E-state index is 14.4. The van der Waals surface area contributed by atoms with Crippen LogP contribution in [0.2, 0.25) is 10.0 Å². The summed E-state index contributed by atoms with van der Waals surface area (Å²) >= 11 is 13.0. The highest BCUT2D eigenvalue weighted by molar-refractivity contribution is 6.35. The van der Waals surface area contributed by atoms with Gasteiger partial charge < -0.3 is 19.9 Å². The highest BCUT2D eigenvalue weighted by Gasteiger charge is 2.54. The fourth-order valence-electron chi connectivity index (χ4n) is 5.00. The molecular formula is C33H29Cl2N5O4. The molecule has 11 heteroatoms. The number of nitrogens with one attached hydrogen (secondary N) is 1. The number of amides is 1. The summed E-state index contributed by atoms with van der Waals surface area (Å²) in [6.45, 7) is 0.666. The third kappa shape index (κ3) is 6.98. The summed E-state index contributed by atoms with van der Waals surface area (Å²) in [4.78, 5) is 22.4. The van der Waals surface area contributed by atoms with E-state index in [9.17, 15) is 10.3 Å². The van der Waals surface area contributed by atoms with Gasteiger partial charge in [-0.3, -0.25) is 4.79 Å². The standard InChI is InChI=1S/C33H29Cl2N5O4/c34-25-13-16-27(28(35)19-25)30-33(20-24-9-4-5-10-29(24)39-40-36,32(42)37-21-22-7-2-1-3-8-22)38-31(44-30)23-11-14-26(15-12-23)43-18-6-17-41/h1-5,7-16,19,30,41H,6,17-18,20-21H2,(H,37,42)/t30-,33-/m1/s1. The Bertz CT molecular complexity index is 1690. The van der Waals surface area contributed by atoms with Crippen LogP contribution >= 0.6 is 23.2 Å². The Labute approximate surface area is 264 Å². The van der Waals surface area contributed by atoms with Crippen LogP contribution in [0.5, 0.6) is 5.75 Å². The van der Waals surface area contributed by atoms with Crippen LogP contribution in [0, 0.1) is 0 Å². The molecule has 0 aliphatic carbocycles. The molecule has 44 heavy (non-hydrogen) atoms. The zero-order valence-electron chi connectivity index (χ0n) is 23.6.